The largest absolute Gasteiger partial charge is 0.352 e. The Bertz CT molecular complexity index is 1040. The smallest absolute Gasteiger partial charge is 0.253 e. The summed E-state index contributed by atoms with van der Waals surface area (Å²) in [4.78, 5) is 31.1. The van der Waals surface area contributed by atoms with E-state index in [1.165, 1.54) is 16.4 Å². The normalized spacial score (nSPS) is 17.9. The van der Waals surface area contributed by atoms with Crippen molar-refractivity contribution in [2.24, 2.45) is 5.92 Å². The number of nitrogens with zero attached hydrogens (tertiary/aromatic N) is 3. The number of likely N-dealkylation sites (tertiary alicyclic amines) is 1. The molecule has 4 rings (SSSR count). The lowest BCUT2D eigenvalue weighted by Crippen LogP contribution is -2.41. The van der Waals surface area contributed by atoms with Gasteiger partial charge >= 0.3 is 0 Å². The summed E-state index contributed by atoms with van der Waals surface area (Å²) in [5.74, 6) is 0.0968. The van der Waals surface area contributed by atoms with Crippen LogP contribution in [0.1, 0.15) is 46.4 Å². The fourth-order valence-electron chi connectivity index (χ4n) is 4.21. The fourth-order valence-corrected chi connectivity index (χ4v) is 5.73. The van der Waals surface area contributed by atoms with Crippen molar-refractivity contribution in [1.29, 1.82) is 0 Å². The molecule has 2 aromatic rings. The second-order valence-electron chi connectivity index (χ2n) is 8.32. The number of sulfonamides is 1. The summed E-state index contributed by atoms with van der Waals surface area (Å²) < 4.78 is 26.7. The number of rotatable bonds is 6. The van der Waals surface area contributed by atoms with Gasteiger partial charge in [0.25, 0.3) is 11.8 Å². The van der Waals surface area contributed by atoms with Crippen LogP contribution in [0.4, 0.5) is 0 Å². The van der Waals surface area contributed by atoms with Crippen LogP contribution in [0.5, 0.6) is 0 Å². The first-order valence-electron chi connectivity index (χ1n) is 11.0. The average molecular weight is 457 g/mol. The minimum absolute atomic E-state index is 0.0128. The van der Waals surface area contributed by atoms with Gasteiger partial charge in [-0.1, -0.05) is 0 Å². The molecule has 0 bridgehead atoms. The first-order chi connectivity index (χ1) is 15.4. The van der Waals surface area contributed by atoms with E-state index in [0.717, 1.165) is 25.7 Å². The van der Waals surface area contributed by atoms with Crippen LogP contribution in [-0.4, -0.2) is 67.1 Å². The van der Waals surface area contributed by atoms with Gasteiger partial charge in [0.15, 0.2) is 0 Å². The van der Waals surface area contributed by atoms with Crippen LogP contribution in [0.2, 0.25) is 0 Å². The van der Waals surface area contributed by atoms with Crippen LogP contribution in [0, 0.1) is 5.92 Å². The summed E-state index contributed by atoms with van der Waals surface area (Å²) in [6.07, 6.45) is 6.65. The van der Waals surface area contributed by atoms with Crippen LogP contribution < -0.4 is 5.32 Å². The van der Waals surface area contributed by atoms with Gasteiger partial charge in [-0.15, -0.1) is 0 Å². The number of hydrogen-bond acceptors (Lipinski definition) is 5. The number of aromatic nitrogens is 1. The summed E-state index contributed by atoms with van der Waals surface area (Å²) in [6.45, 7) is 2.95. The first kappa shape index (κ1) is 22.4. The molecule has 2 saturated heterocycles. The lowest BCUT2D eigenvalue weighted by Gasteiger charge is -2.32. The van der Waals surface area contributed by atoms with Gasteiger partial charge in [0.05, 0.1) is 4.90 Å². The third-order valence-electron chi connectivity index (χ3n) is 6.20. The molecule has 1 N–H and O–H groups in total. The van der Waals surface area contributed by atoms with E-state index in [1.54, 1.807) is 36.7 Å². The molecular formula is C23H28N4O4S. The predicted octanol–water partition coefficient (Wildman–Crippen LogP) is 2.15. The molecule has 9 heteroatoms. The standard InChI is InChI=1S/C23H28N4O4S/c28-22(19-3-5-21(6-4-19)32(30,31)27-13-1-2-14-27)25-17-18-9-15-26(16-10-18)23(29)20-7-11-24-12-8-20/h3-8,11-12,18H,1-2,9-10,13-17H2,(H,25,28). The summed E-state index contributed by atoms with van der Waals surface area (Å²) >= 11 is 0. The van der Waals surface area contributed by atoms with Crippen molar-refractivity contribution in [3.05, 3.63) is 59.9 Å². The molecule has 2 aliphatic heterocycles. The zero-order valence-corrected chi connectivity index (χ0v) is 18.8. The van der Waals surface area contributed by atoms with Crippen LogP contribution in [-0.2, 0) is 10.0 Å². The van der Waals surface area contributed by atoms with E-state index in [-0.39, 0.29) is 16.7 Å². The number of carbonyl (C=O) groups is 2. The molecule has 0 saturated carbocycles. The molecule has 2 fully saturated rings. The highest BCUT2D eigenvalue weighted by Crippen LogP contribution is 2.22. The lowest BCUT2D eigenvalue weighted by atomic mass is 9.96. The predicted molar refractivity (Wildman–Crippen MR) is 120 cm³/mol. The van der Waals surface area contributed by atoms with E-state index in [9.17, 15) is 18.0 Å². The first-order valence-corrected chi connectivity index (χ1v) is 12.5. The fraction of sp³-hybridized carbons (Fsp3) is 0.435. The summed E-state index contributed by atoms with van der Waals surface area (Å²) in [7, 11) is -3.48. The molecule has 170 valence electrons. The topological polar surface area (TPSA) is 99.7 Å². The van der Waals surface area contributed by atoms with E-state index in [4.69, 9.17) is 0 Å². The van der Waals surface area contributed by atoms with Gasteiger partial charge in [0.2, 0.25) is 10.0 Å². The Kier molecular flexibility index (Phi) is 6.86. The van der Waals surface area contributed by atoms with E-state index in [0.29, 0.717) is 49.8 Å². The number of benzene rings is 1. The molecule has 8 nitrogen and oxygen atoms in total. The molecule has 0 atom stereocenters. The Balaban J connectivity index is 1.26. The van der Waals surface area contributed by atoms with Gasteiger partial charge in [0, 0.05) is 56.2 Å². The van der Waals surface area contributed by atoms with E-state index in [2.05, 4.69) is 10.3 Å². The zero-order chi connectivity index (χ0) is 22.6. The van der Waals surface area contributed by atoms with Crippen molar-refractivity contribution in [1.82, 2.24) is 19.5 Å². The quantitative estimate of drug-likeness (QED) is 0.718. The summed E-state index contributed by atoms with van der Waals surface area (Å²) in [6, 6.07) is 9.58. The third kappa shape index (κ3) is 4.99. The Morgan fingerprint density at radius 3 is 2.16 bits per heavy atom. The van der Waals surface area contributed by atoms with Gasteiger partial charge in [-0.05, 0) is 68.0 Å². The Morgan fingerprint density at radius 1 is 0.906 bits per heavy atom. The molecule has 2 aliphatic rings. The van der Waals surface area contributed by atoms with Crippen molar-refractivity contribution >= 4 is 21.8 Å². The molecule has 0 radical (unpaired) electrons. The Hall–Kier alpha value is -2.78. The average Bonchev–Trinajstić information content (AvgIpc) is 3.39. The maximum absolute atomic E-state index is 12.6. The maximum Gasteiger partial charge on any atom is 0.253 e. The third-order valence-corrected chi connectivity index (χ3v) is 8.11. The summed E-state index contributed by atoms with van der Waals surface area (Å²) in [5.41, 5.74) is 1.08. The monoisotopic (exact) mass is 456 g/mol. The van der Waals surface area contributed by atoms with Crippen LogP contribution in [0.3, 0.4) is 0 Å². The molecule has 0 unspecified atom stereocenters. The highest BCUT2D eigenvalue weighted by Gasteiger charge is 2.27. The molecule has 32 heavy (non-hydrogen) atoms. The van der Waals surface area contributed by atoms with Crippen molar-refractivity contribution in [2.75, 3.05) is 32.7 Å². The Labute approximate surface area is 188 Å². The Morgan fingerprint density at radius 2 is 1.53 bits per heavy atom. The van der Waals surface area contributed by atoms with E-state index >= 15 is 0 Å². The van der Waals surface area contributed by atoms with Crippen molar-refractivity contribution in [3.63, 3.8) is 0 Å². The zero-order valence-electron chi connectivity index (χ0n) is 17.9. The highest BCUT2D eigenvalue weighted by atomic mass is 32.2. The number of nitrogens with one attached hydrogen (secondary N) is 1. The molecule has 0 spiro atoms. The lowest BCUT2D eigenvalue weighted by molar-refractivity contribution is 0.0684. The van der Waals surface area contributed by atoms with Gasteiger partial charge in [-0.2, -0.15) is 4.31 Å². The van der Waals surface area contributed by atoms with Gasteiger partial charge in [-0.25, -0.2) is 8.42 Å². The van der Waals surface area contributed by atoms with E-state index in [1.807, 2.05) is 4.90 Å². The number of pyridine rings is 1. The number of carbonyl (C=O) groups excluding carboxylic acids is 2. The number of piperidine rings is 1. The van der Waals surface area contributed by atoms with Crippen LogP contribution >= 0.6 is 0 Å². The van der Waals surface area contributed by atoms with Gasteiger partial charge < -0.3 is 10.2 Å². The van der Waals surface area contributed by atoms with E-state index < -0.39 is 10.0 Å². The van der Waals surface area contributed by atoms with Crippen molar-refractivity contribution in [3.8, 4) is 0 Å². The number of amides is 2. The SMILES string of the molecule is O=C(NCC1CCN(C(=O)c2ccncc2)CC1)c1ccc(S(=O)(=O)N2CCCC2)cc1. The minimum atomic E-state index is -3.48. The van der Waals surface area contributed by atoms with Crippen LogP contribution in [0.25, 0.3) is 0 Å². The second-order valence-corrected chi connectivity index (χ2v) is 10.3. The molecular weight excluding hydrogens is 428 g/mol. The molecule has 3 heterocycles. The summed E-state index contributed by atoms with van der Waals surface area (Å²) in [5, 5.41) is 2.95. The van der Waals surface area contributed by atoms with Gasteiger partial charge in [-0.3, -0.25) is 14.6 Å². The second kappa shape index (κ2) is 9.79. The molecule has 1 aromatic carbocycles. The van der Waals surface area contributed by atoms with Gasteiger partial charge in [0.1, 0.15) is 0 Å². The molecule has 2 amide bonds. The maximum atomic E-state index is 12.6. The molecule has 1 aromatic heterocycles. The van der Waals surface area contributed by atoms with Crippen molar-refractivity contribution in [2.45, 2.75) is 30.6 Å². The van der Waals surface area contributed by atoms with Crippen molar-refractivity contribution < 1.29 is 18.0 Å². The minimum Gasteiger partial charge on any atom is -0.352 e. The highest BCUT2D eigenvalue weighted by molar-refractivity contribution is 7.89. The molecule has 0 aliphatic carbocycles. The number of hydrogen-bond donors (Lipinski definition) is 1. The van der Waals surface area contributed by atoms with Crippen LogP contribution in [0.15, 0.2) is 53.7 Å².